The molecule has 0 saturated carbocycles. The van der Waals surface area contributed by atoms with Crippen LogP contribution >= 0.6 is 15.9 Å². The summed E-state index contributed by atoms with van der Waals surface area (Å²) in [6.07, 6.45) is 1.64. The molecule has 17 heavy (non-hydrogen) atoms. The van der Waals surface area contributed by atoms with E-state index in [1.807, 2.05) is 13.8 Å². The number of hydrogen-bond acceptors (Lipinski definition) is 3. The Morgan fingerprint density at radius 1 is 1.41 bits per heavy atom. The number of hydrogen-bond donors (Lipinski definition) is 1. The van der Waals surface area contributed by atoms with E-state index in [1.54, 1.807) is 24.4 Å². The lowest BCUT2D eigenvalue weighted by molar-refractivity contribution is 0.101. The van der Waals surface area contributed by atoms with Crippen molar-refractivity contribution in [3.8, 4) is 5.75 Å². The van der Waals surface area contributed by atoms with Gasteiger partial charge in [-0.3, -0.25) is 9.78 Å². The molecule has 1 aromatic heterocycles. The molecule has 0 amide bonds. The second kappa shape index (κ2) is 5.77. The zero-order valence-corrected chi connectivity index (χ0v) is 11.6. The van der Waals surface area contributed by atoms with Gasteiger partial charge in [0, 0.05) is 16.1 Å². The number of nitrogens with zero attached hydrogens (tertiary/aromatic N) is 1. The molecule has 90 valence electrons. The summed E-state index contributed by atoms with van der Waals surface area (Å²) in [5.74, 6) is -0.173. The number of Topliss-reactive ketones (excluding diaryl/α,β-unsaturated/α-hetero) is 1. The van der Waals surface area contributed by atoms with E-state index in [1.165, 1.54) is 6.92 Å². The number of aromatic hydroxyl groups is 1. The van der Waals surface area contributed by atoms with Gasteiger partial charge in [0.15, 0.2) is 5.78 Å². The van der Waals surface area contributed by atoms with Crippen LogP contribution in [0.1, 0.15) is 31.1 Å². The van der Waals surface area contributed by atoms with Gasteiger partial charge in [0.2, 0.25) is 0 Å². The van der Waals surface area contributed by atoms with E-state index < -0.39 is 0 Å². The van der Waals surface area contributed by atoms with Gasteiger partial charge in [-0.1, -0.05) is 13.8 Å². The maximum Gasteiger partial charge on any atom is 0.163 e. The van der Waals surface area contributed by atoms with Gasteiger partial charge in [-0.05, 0) is 41.1 Å². The van der Waals surface area contributed by atoms with Gasteiger partial charge in [-0.15, -0.1) is 0 Å². The summed E-state index contributed by atoms with van der Waals surface area (Å²) in [4.78, 5) is 15.4. The van der Waals surface area contributed by atoms with E-state index >= 15 is 0 Å². The molecular formula is C13H14BrNO2. The standard InChI is InChI=1S/C11H8BrNO2.C2H6/c1-6(14)8-5-9(12)10-7(11(8)15)3-2-4-13-10;1-2/h2-5,15H,1H3;1-2H3. The topological polar surface area (TPSA) is 50.2 Å². The van der Waals surface area contributed by atoms with Crippen LogP contribution in [0.5, 0.6) is 5.75 Å². The second-order valence-corrected chi connectivity index (χ2v) is 4.06. The third kappa shape index (κ3) is 2.64. The quantitative estimate of drug-likeness (QED) is 0.811. The number of pyridine rings is 1. The number of fused-ring (bicyclic) bond motifs is 1. The van der Waals surface area contributed by atoms with Gasteiger partial charge in [-0.2, -0.15) is 0 Å². The fourth-order valence-electron chi connectivity index (χ4n) is 1.46. The SMILES string of the molecule is CC.CC(=O)c1cc(Br)c2ncccc2c1O. The van der Waals surface area contributed by atoms with E-state index in [0.717, 1.165) is 0 Å². The highest BCUT2D eigenvalue weighted by Crippen LogP contribution is 2.33. The van der Waals surface area contributed by atoms with Crippen molar-refractivity contribution in [3.05, 3.63) is 34.4 Å². The van der Waals surface area contributed by atoms with Gasteiger partial charge in [-0.25, -0.2) is 0 Å². The zero-order chi connectivity index (χ0) is 13.0. The van der Waals surface area contributed by atoms with E-state index in [-0.39, 0.29) is 11.5 Å². The predicted octanol–water partition coefficient (Wildman–Crippen LogP) is 3.93. The fourth-order valence-corrected chi connectivity index (χ4v) is 2.01. The molecule has 0 spiro atoms. The first-order valence-corrected chi connectivity index (χ1v) is 6.17. The van der Waals surface area contributed by atoms with Gasteiger partial charge in [0.1, 0.15) is 5.75 Å². The first-order chi connectivity index (χ1) is 8.11. The molecule has 1 aromatic carbocycles. The van der Waals surface area contributed by atoms with Crippen molar-refractivity contribution in [2.75, 3.05) is 0 Å². The third-order valence-corrected chi connectivity index (χ3v) is 2.80. The number of carbonyl (C=O) groups excluding carboxylic acids is 1. The lowest BCUT2D eigenvalue weighted by Gasteiger charge is -2.06. The van der Waals surface area contributed by atoms with Crippen LogP contribution in [0.25, 0.3) is 10.9 Å². The van der Waals surface area contributed by atoms with Crippen molar-refractivity contribution in [2.24, 2.45) is 0 Å². The zero-order valence-electron chi connectivity index (χ0n) is 9.99. The molecule has 1 N–H and O–H groups in total. The lowest BCUT2D eigenvalue weighted by Crippen LogP contribution is -1.94. The van der Waals surface area contributed by atoms with Crippen molar-refractivity contribution in [3.63, 3.8) is 0 Å². The Kier molecular flexibility index (Phi) is 4.63. The lowest BCUT2D eigenvalue weighted by atomic mass is 10.1. The number of rotatable bonds is 1. The smallest absolute Gasteiger partial charge is 0.163 e. The first kappa shape index (κ1) is 13.6. The average molecular weight is 296 g/mol. The van der Waals surface area contributed by atoms with E-state index in [0.29, 0.717) is 20.9 Å². The van der Waals surface area contributed by atoms with Gasteiger partial charge in [0.25, 0.3) is 0 Å². The van der Waals surface area contributed by atoms with Crippen LogP contribution in [0.15, 0.2) is 28.9 Å². The Balaban J connectivity index is 0.000000686. The van der Waals surface area contributed by atoms with Gasteiger partial charge in [0.05, 0.1) is 11.1 Å². The summed E-state index contributed by atoms with van der Waals surface area (Å²) in [6, 6.07) is 5.04. The van der Waals surface area contributed by atoms with Crippen LogP contribution in [-0.4, -0.2) is 15.9 Å². The molecule has 2 aromatic rings. The summed E-state index contributed by atoms with van der Waals surface area (Å²) in [5, 5.41) is 10.4. The molecule has 0 atom stereocenters. The molecule has 2 rings (SSSR count). The molecule has 0 aliphatic rings. The molecule has 0 aliphatic carbocycles. The van der Waals surface area contributed by atoms with Crippen LogP contribution in [0, 0.1) is 0 Å². The van der Waals surface area contributed by atoms with Crippen molar-refractivity contribution in [1.29, 1.82) is 0 Å². The Morgan fingerprint density at radius 3 is 2.65 bits per heavy atom. The fraction of sp³-hybridized carbons (Fsp3) is 0.231. The number of halogens is 1. The maximum atomic E-state index is 11.3. The largest absolute Gasteiger partial charge is 0.506 e. The highest BCUT2D eigenvalue weighted by atomic mass is 79.9. The summed E-state index contributed by atoms with van der Waals surface area (Å²) in [6.45, 7) is 5.42. The van der Waals surface area contributed by atoms with Gasteiger partial charge < -0.3 is 5.11 Å². The van der Waals surface area contributed by atoms with E-state index in [4.69, 9.17) is 0 Å². The predicted molar refractivity (Wildman–Crippen MR) is 72.5 cm³/mol. The third-order valence-electron chi connectivity index (χ3n) is 2.19. The summed E-state index contributed by atoms with van der Waals surface area (Å²) >= 11 is 3.32. The van der Waals surface area contributed by atoms with Crippen molar-refractivity contribution in [2.45, 2.75) is 20.8 Å². The molecule has 0 aliphatic heterocycles. The normalized spacial score (nSPS) is 9.65. The molecule has 0 saturated heterocycles. The second-order valence-electron chi connectivity index (χ2n) is 3.21. The average Bonchev–Trinajstić information content (AvgIpc) is 2.36. The number of benzene rings is 1. The molecule has 0 bridgehead atoms. The Bertz CT molecular complexity index is 552. The van der Waals surface area contributed by atoms with Crippen LogP contribution < -0.4 is 0 Å². The minimum Gasteiger partial charge on any atom is -0.506 e. The Hall–Kier alpha value is -1.42. The van der Waals surface area contributed by atoms with E-state index in [2.05, 4.69) is 20.9 Å². The molecule has 0 fully saturated rings. The minimum atomic E-state index is -0.168. The van der Waals surface area contributed by atoms with Crippen LogP contribution in [0.2, 0.25) is 0 Å². The van der Waals surface area contributed by atoms with Crippen LogP contribution in [0.4, 0.5) is 0 Å². The maximum absolute atomic E-state index is 11.3. The summed E-state index contributed by atoms with van der Waals surface area (Å²) in [5.41, 5.74) is 0.961. The van der Waals surface area contributed by atoms with Crippen LogP contribution in [0.3, 0.4) is 0 Å². The van der Waals surface area contributed by atoms with Crippen molar-refractivity contribution < 1.29 is 9.90 Å². The Morgan fingerprint density at radius 2 is 2.06 bits per heavy atom. The summed E-state index contributed by atoms with van der Waals surface area (Å²) in [7, 11) is 0. The number of phenolic OH excluding ortho intramolecular Hbond substituents is 1. The number of carbonyl (C=O) groups is 1. The minimum absolute atomic E-state index is 0.00574. The number of ketones is 1. The number of aromatic nitrogens is 1. The van der Waals surface area contributed by atoms with E-state index in [9.17, 15) is 9.90 Å². The highest BCUT2D eigenvalue weighted by molar-refractivity contribution is 9.10. The van der Waals surface area contributed by atoms with Crippen molar-refractivity contribution >= 4 is 32.6 Å². The molecule has 0 radical (unpaired) electrons. The molecule has 0 unspecified atom stereocenters. The first-order valence-electron chi connectivity index (χ1n) is 5.38. The van der Waals surface area contributed by atoms with Gasteiger partial charge >= 0.3 is 0 Å². The van der Waals surface area contributed by atoms with Crippen LogP contribution in [-0.2, 0) is 0 Å². The molecule has 4 heteroatoms. The monoisotopic (exact) mass is 295 g/mol. The molecule has 3 nitrogen and oxygen atoms in total. The highest BCUT2D eigenvalue weighted by Gasteiger charge is 2.13. The summed E-state index contributed by atoms with van der Waals surface area (Å²) < 4.78 is 0.709. The molecule has 1 heterocycles. The molecular weight excluding hydrogens is 282 g/mol. The van der Waals surface area contributed by atoms with Crippen molar-refractivity contribution in [1.82, 2.24) is 4.98 Å². The number of phenols is 1. The Labute approximate surface area is 109 Å².